The van der Waals surface area contributed by atoms with E-state index in [-0.39, 0.29) is 0 Å². The molecule has 0 nitrogen and oxygen atoms in total. The quantitative estimate of drug-likeness (QED) is 0.508. The summed E-state index contributed by atoms with van der Waals surface area (Å²) in [6.07, 6.45) is 0. The first-order chi connectivity index (χ1) is 7.25. The van der Waals surface area contributed by atoms with Crippen LogP contribution in [0, 0.1) is 13.8 Å². The second kappa shape index (κ2) is 3.07. The van der Waals surface area contributed by atoms with Crippen LogP contribution in [0.1, 0.15) is 10.4 Å². The Morgan fingerprint density at radius 1 is 0.933 bits per heavy atom. The lowest BCUT2D eigenvalue weighted by atomic mass is 10.0. The van der Waals surface area contributed by atoms with Gasteiger partial charge in [-0.2, -0.15) is 0 Å². The van der Waals surface area contributed by atoms with E-state index >= 15 is 0 Å². The van der Waals surface area contributed by atoms with Crippen molar-refractivity contribution in [3.05, 3.63) is 46.8 Å². The lowest BCUT2D eigenvalue weighted by Gasteiger charge is -2.02. The lowest BCUT2D eigenvalue weighted by Crippen LogP contribution is -1.77. The van der Waals surface area contributed by atoms with Crippen LogP contribution < -0.4 is 0 Å². The van der Waals surface area contributed by atoms with E-state index in [1.165, 1.54) is 31.3 Å². The van der Waals surface area contributed by atoms with Gasteiger partial charge in [0.25, 0.3) is 0 Å². The third-order valence-corrected chi connectivity index (χ3v) is 3.95. The molecule has 0 saturated carbocycles. The van der Waals surface area contributed by atoms with Gasteiger partial charge in [0.1, 0.15) is 0 Å². The maximum absolute atomic E-state index is 2.29. The maximum Gasteiger partial charge on any atom is 0.0424 e. The van der Waals surface area contributed by atoms with Gasteiger partial charge in [-0.25, -0.2) is 0 Å². The van der Waals surface area contributed by atoms with Gasteiger partial charge in [0, 0.05) is 9.58 Å². The highest BCUT2D eigenvalue weighted by molar-refractivity contribution is 7.20. The summed E-state index contributed by atoms with van der Waals surface area (Å²) >= 11 is 1.89. The van der Waals surface area contributed by atoms with Crippen molar-refractivity contribution in [1.82, 2.24) is 0 Å². The number of aryl methyl sites for hydroxylation is 2. The van der Waals surface area contributed by atoms with E-state index in [4.69, 9.17) is 0 Å². The Labute approximate surface area is 93.2 Å². The molecule has 1 heteroatoms. The number of thiophene rings is 1. The molecule has 0 atom stereocenters. The summed E-state index contributed by atoms with van der Waals surface area (Å²) < 4.78 is 1.42. The average molecular weight is 212 g/mol. The summed E-state index contributed by atoms with van der Waals surface area (Å²) in [5.74, 6) is 0. The Balaban J connectivity index is 2.62. The number of hydrogen-bond acceptors (Lipinski definition) is 1. The van der Waals surface area contributed by atoms with Gasteiger partial charge < -0.3 is 0 Å². The van der Waals surface area contributed by atoms with Gasteiger partial charge in [0.2, 0.25) is 0 Å². The van der Waals surface area contributed by atoms with Crippen molar-refractivity contribution in [2.45, 2.75) is 13.8 Å². The number of rotatable bonds is 0. The number of fused-ring (bicyclic) bond motifs is 3. The van der Waals surface area contributed by atoms with E-state index in [1.54, 1.807) is 0 Å². The third kappa shape index (κ3) is 1.27. The van der Waals surface area contributed by atoms with Crippen LogP contribution in [-0.4, -0.2) is 0 Å². The highest BCUT2D eigenvalue weighted by Crippen LogP contribution is 2.33. The molecule has 2 aromatic carbocycles. The molecule has 3 aromatic rings. The standard InChI is InChI=1S/C14H12S/c1-9-7-11-8-10(2)15-14(11)13-6-4-3-5-12(9)13/h3-8H,1-2H3. The zero-order valence-electron chi connectivity index (χ0n) is 8.87. The van der Waals surface area contributed by atoms with Gasteiger partial charge in [0.05, 0.1) is 0 Å². The molecule has 0 aliphatic heterocycles. The molecular weight excluding hydrogens is 200 g/mol. The van der Waals surface area contributed by atoms with E-state index in [1.807, 2.05) is 11.3 Å². The second-order valence-corrected chi connectivity index (χ2v) is 5.27. The highest BCUT2D eigenvalue weighted by Gasteiger charge is 2.05. The van der Waals surface area contributed by atoms with E-state index < -0.39 is 0 Å². The zero-order chi connectivity index (χ0) is 10.4. The Morgan fingerprint density at radius 3 is 2.47 bits per heavy atom. The Bertz CT molecular complexity index is 647. The van der Waals surface area contributed by atoms with E-state index in [0.29, 0.717) is 0 Å². The molecule has 0 fully saturated rings. The molecule has 0 bridgehead atoms. The van der Waals surface area contributed by atoms with E-state index in [2.05, 4.69) is 50.2 Å². The van der Waals surface area contributed by atoms with Crippen LogP contribution in [0.2, 0.25) is 0 Å². The number of benzene rings is 2. The normalized spacial score (nSPS) is 11.3. The highest BCUT2D eigenvalue weighted by atomic mass is 32.1. The summed E-state index contributed by atoms with van der Waals surface area (Å²) in [5, 5.41) is 4.16. The molecule has 0 N–H and O–H groups in total. The van der Waals surface area contributed by atoms with Crippen molar-refractivity contribution in [2.24, 2.45) is 0 Å². The molecule has 0 radical (unpaired) electrons. The molecule has 1 heterocycles. The van der Waals surface area contributed by atoms with E-state index in [0.717, 1.165) is 0 Å². The van der Waals surface area contributed by atoms with Crippen LogP contribution >= 0.6 is 11.3 Å². The largest absolute Gasteiger partial charge is 0.140 e. The summed E-state index contributed by atoms with van der Waals surface area (Å²) in [7, 11) is 0. The van der Waals surface area contributed by atoms with Gasteiger partial charge in [-0.1, -0.05) is 24.3 Å². The van der Waals surface area contributed by atoms with Crippen molar-refractivity contribution < 1.29 is 0 Å². The van der Waals surface area contributed by atoms with Crippen LogP contribution in [0.3, 0.4) is 0 Å². The summed E-state index contributed by atoms with van der Waals surface area (Å²) in [5.41, 5.74) is 1.37. The molecule has 0 saturated heterocycles. The Morgan fingerprint density at radius 2 is 1.67 bits per heavy atom. The first-order valence-corrected chi connectivity index (χ1v) is 5.96. The molecule has 0 unspecified atom stereocenters. The third-order valence-electron chi connectivity index (χ3n) is 2.85. The lowest BCUT2D eigenvalue weighted by molar-refractivity contribution is 1.56. The second-order valence-electron chi connectivity index (χ2n) is 4.01. The first-order valence-electron chi connectivity index (χ1n) is 5.14. The molecule has 74 valence electrons. The van der Waals surface area contributed by atoms with Crippen LogP contribution in [0.15, 0.2) is 36.4 Å². The summed E-state index contributed by atoms with van der Waals surface area (Å²) in [6.45, 7) is 4.36. The molecule has 0 spiro atoms. The minimum absolute atomic E-state index is 1.37. The van der Waals surface area contributed by atoms with E-state index in [9.17, 15) is 0 Å². The smallest absolute Gasteiger partial charge is 0.0424 e. The van der Waals surface area contributed by atoms with Crippen molar-refractivity contribution in [3.63, 3.8) is 0 Å². The predicted molar refractivity (Wildman–Crippen MR) is 68.8 cm³/mol. The monoisotopic (exact) mass is 212 g/mol. The maximum atomic E-state index is 2.29. The van der Waals surface area contributed by atoms with Crippen LogP contribution in [0.5, 0.6) is 0 Å². The van der Waals surface area contributed by atoms with Gasteiger partial charge >= 0.3 is 0 Å². The first kappa shape index (κ1) is 8.93. The molecule has 15 heavy (non-hydrogen) atoms. The topological polar surface area (TPSA) is 0 Å². The van der Waals surface area contributed by atoms with Crippen LogP contribution in [0.4, 0.5) is 0 Å². The van der Waals surface area contributed by atoms with Crippen molar-refractivity contribution in [2.75, 3.05) is 0 Å². The molecule has 1 aromatic heterocycles. The minimum atomic E-state index is 1.37. The molecule has 0 aliphatic rings. The van der Waals surface area contributed by atoms with Gasteiger partial charge in [-0.05, 0) is 47.7 Å². The minimum Gasteiger partial charge on any atom is -0.140 e. The van der Waals surface area contributed by atoms with Gasteiger partial charge in [-0.3, -0.25) is 0 Å². The molecule has 0 amide bonds. The molecule has 3 rings (SSSR count). The van der Waals surface area contributed by atoms with Crippen LogP contribution in [0.25, 0.3) is 20.9 Å². The SMILES string of the molecule is Cc1cc2cc(C)c3ccccc3c2s1. The van der Waals surface area contributed by atoms with Crippen molar-refractivity contribution >= 4 is 32.2 Å². The average Bonchev–Trinajstić information content (AvgIpc) is 2.59. The molecule has 0 aliphatic carbocycles. The zero-order valence-corrected chi connectivity index (χ0v) is 9.69. The summed E-state index contributed by atoms with van der Waals surface area (Å²) in [6, 6.07) is 13.2. The fraction of sp³-hybridized carbons (Fsp3) is 0.143. The fourth-order valence-corrected chi connectivity index (χ4v) is 3.22. The fourth-order valence-electron chi connectivity index (χ4n) is 2.19. The van der Waals surface area contributed by atoms with Crippen molar-refractivity contribution in [1.29, 1.82) is 0 Å². The number of hydrogen-bond donors (Lipinski definition) is 0. The van der Waals surface area contributed by atoms with Crippen molar-refractivity contribution in [3.8, 4) is 0 Å². The predicted octanol–water partition coefficient (Wildman–Crippen LogP) is 4.67. The van der Waals surface area contributed by atoms with Gasteiger partial charge in [-0.15, -0.1) is 11.3 Å². The Kier molecular flexibility index (Phi) is 1.83. The van der Waals surface area contributed by atoms with Crippen LogP contribution in [-0.2, 0) is 0 Å². The Hall–Kier alpha value is -1.34. The van der Waals surface area contributed by atoms with Gasteiger partial charge in [0.15, 0.2) is 0 Å². The summed E-state index contributed by atoms with van der Waals surface area (Å²) in [4.78, 5) is 1.39. The molecular formula is C14H12S.